The minimum atomic E-state index is -5.66. The van der Waals surface area contributed by atoms with Crippen LogP contribution in [0.2, 0.25) is 0 Å². The van der Waals surface area contributed by atoms with Crippen LogP contribution in [0.5, 0.6) is 0 Å². The van der Waals surface area contributed by atoms with Crippen molar-refractivity contribution in [2.24, 2.45) is 0 Å². The monoisotopic (exact) mass is 226 g/mol. The van der Waals surface area contributed by atoms with Crippen molar-refractivity contribution >= 4 is 17.1 Å². The number of hydrogen-bond acceptors (Lipinski definition) is 3. The summed E-state index contributed by atoms with van der Waals surface area (Å²) in [6.07, 6.45) is 0. The van der Waals surface area contributed by atoms with Gasteiger partial charge in [-0.2, -0.15) is 0 Å². The Morgan fingerprint density at radius 1 is 1.31 bits per heavy atom. The maximum absolute atomic E-state index is 12.2. The smallest absolute Gasteiger partial charge is 0.579 e. The van der Waals surface area contributed by atoms with Gasteiger partial charge in [0.15, 0.2) is 0 Å². The van der Waals surface area contributed by atoms with Crippen molar-refractivity contribution < 1.29 is 36.0 Å². The molecule has 9 heteroatoms. The standard InChI is InChI=1S/C4H3F5O3S/c1-12-2(10)3(5,6)13(11)4(7,8)9/h1H3. The number of rotatable bonds is 2. The van der Waals surface area contributed by atoms with Crippen LogP contribution >= 0.6 is 0 Å². The molecule has 0 heterocycles. The third kappa shape index (κ3) is 2.69. The molecule has 0 N–H and O–H groups in total. The molecule has 0 aliphatic carbocycles. The topological polar surface area (TPSA) is 49.4 Å². The lowest BCUT2D eigenvalue weighted by Gasteiger charge is -2.18. The van der Waals surface area contributed by atoms with Crippen molar-refractivity contribution in [2.75, 3.05) is 7.11 Å². The molecule has 0 aromatic heterocycles. The van der Waals surface area contributed by atoms with Crippen LogP contribution in [0, 0.1) is 0 Å². The van der Waals surface area contributed by atoms with Gasteiger partial charge in [0.1, 0.15) is 11.2 Å². The number of alkyl halides is 5. The van der Waals surface area contributed by atoms with Gasteiger partial charge >= 0.3 is 16.7 Å². The first-order chi connectivity index (χ1) is 5.64. The zero-order chi connectivity index (χ0) is 10.9. The summed E-state index contributed by atoms with van der Waals surface area (Å²) in [6, 6.07) is 0. The fourth-order valence-corrected chi connectivity index (χ4v) is 0.865. The third-order valence-corrected chi connectivity index (χ3v) is 1.92. The van der Waals surface area contributed by atoms with Crippen LogP contribution in [0.25, 0.3) is 0 Å². The summed E-state index contributed by atoms with van der Waals surface area (Å²) < 4.78 is 72.2. The number of carbonyl (C=O) groups excluding carboxylic acids is 1. The highest BCUT2D eigenvalue weighted by molar-refractivity contribution is 7.94. The van der Waals surface area contributed by atoms with E-state index in [0.29, 0.717) is 7.11 Å². The van der Waals surface area contributed by atoms with Crippen molar-refractivity contribution in [2.45, 2.75) is 10.8 Å². The van der Waals surface area contributed by atoms with Gasteiger partial charge in [0, 0.05) is 0 Å². The SMILES string of the molecule is COC(=O)C(F)(F)[S+]([O-])C(F)(F)F. The first-order valence-electron chi connectivity index (χ1n) is 2.59. The molecule has 0 bridgehead atoms. The molecule has 0 aliphatic rings. The van der Waals surface area contributed by atoms with Gasteiger partial charge in [-0.15, -0.1) is 22.0 Å². The van der Waals surface area contributed by atoms with E-state index in [0.717, 1.165) is 0 Å². The molecular formula is C4H3F5O3S. The summed E-state index contributed by atoms with van der Waals surface area (Å²) in [7, 11) is 0.462. The van der Waals surface area contributed by atoms with Crippen molar-refractivity contribution in [3.8, 4) is 0 Å². The fourth-order valence-electron chi connectivity index (χ4n) is 0.340. The van der Waals surface area contributed by atoms with Gasteiger partial charge in [-0.1, -0.05) is 0 Å². The molecule has 0 spiro atoms. The number of esters is 1. The summed E-state index contributed by atoms with van der Waals surface area (Å²) in [4.78, 5) is 10.1. The Labute approximate surface area is 72.0 Å². The van der Waals surface area contributed by atoms with Gasteiger partial charge in [-0.25, -0.2) is 4.79 Å². The lowest BCUT2D eigenvalue weighted by Crippen LogP contribution is -2.46. The van der Waals surface area contributed by atoms with Crippen LogP contribution < -0.4 is 0 Å². The van der Waals surface area contributed by atoms with Crippen LogP contribution in [0.15, 0.2) is 0 Å². The molecular weight excluding hydrogens is 223 g/mol. The Balaban J connectivity index is 4.74. The second-order valence-electron chi connectivity index (χ2n) is 1.72. The molecule has 3 nitrogen and oxygen atoms in total. The molecule has 0 fully saturated rings. The highest BCUT2D eigenvalue weighted by Crippen LogP contribution is 2.36. The quantitative estimate of drug-likeness (QED) is 0.401. The van der Waals surface area contributed by atoms with Crippen molar-refractivity contribution in [3.63, 3.8) is 0 Å². The van der Waals surface area contributed by atoms with Crippen LogP contribution in [-0.2, 0) is 20.7 Å². The lowest BCUT2D eigenvalue weighted by molar-refractivity contribution is -0.159. The predicted molar refractivity (Wildman–Crippen MR) is 31.2 cm³/mol. The molecule has 0 saturated heterocycles. The van der Waals surface area contributed by atoms with Gasteiger partial charge in [-0.3, -0.25) is 0 Å². The first-order valence-corrected chi connectivity index (χ1v) is 3.74. The maximum Gasteiger partial charge on any atom is 0.579 e. The fraction of sp³-hybridized carbons (Fsp3) is 0.750. The number of methoxy groups -OCH3 is 1. The van der Waals surface area contributed by atoms with Gasteiger partial charge in [0.2, 0.25) is 0 Å². The molecule has 0 aromatic carbocycles. The zero-order valence-electron chi connectivity index (χ0n) is 6.02. The van der Waals surface area contributed by atoms with Gasteiger partial charge in [-0.05, 0) is 0 Å². The van der Waals surface area contributed by atoms with Crippen LogP contribution in [0.3, 0.4) is 0 Å². The molecule has 0 radical (unpaired) electrons. The molecule has 0 aliphatic heterocycles. The zero-order valence-corrected chi connectivity index (χ0v) is 6.84. The summed E-state index contributed by atoms with van der Waals surface area (Å²) in [6.45, 7) is 0. The van der Waals surface area contributed by atoms with Gasteiger partial charge < -0.3 is 9.29 Å². The maximum atomic E-state index is 12.2. The van der Waals surface area contributed by atoms with Gasteiger partial charge in [0.05, 0.1) is 7.11 Å². The third-order valence-electron chi connectivity index (χ3n) is 0.866. The highest BCUT2D eigenvalue weighted by atomic mass is 32.2. The van der Waals surface area contributed by atoms with Crippen molar-refractivity contribution in [1.29, 1.82) is 0 Å². The average Bonchev–Trinajstić information content (AvgIpc) is 1.99. The van der Waals surface area contributed by atoms with E-state index in [1.807, 2.05) is 0 Å². The van der Waals surface area contributed by atoms with E-state index in [-0.39, 0.29) is 0 Å². The first kappa shape index (κ1) is 12.4. The minimum absolute atomic E-state index is 0.462. The van der Waals surface area contributed by atoms with Crippen LogP contribution in [0.4, 0.5) is 22.0 Å². The molecule has 13 heavy (non-hydrogen) atoms. The average molecular weight is 226 g/mol. The van der Waals surface area contributed by atoms with E-state index in [1.54, 1.807) is 0 Å². The summed E-state index contributed by atoms with van der Waals surface area (Å²) in [5, 5.41) is -5.06. The number of carbonyl (C=O) groups is 1. The van der Waals surface area contributed by atoms with E-state index >= 15 is 0 Å². The Morgan fingerprint density at radius 2 is 1.69 bits per heavy atom. The Hall–Kier alpha value is -0.570. The van der Waals surface area contributed by atoms with Crippen LogP contribution in [-0.4, -0.2) is 28.4 Å². The van der Waals surface area contributed by atoms with E-state index in [2.05, 4.69) is 4.74 Å². The van der Waals surface area contributed by atoms with E-state index in [1.165, 1.54) is 0 Å². The Kier molecular flexibility index (Phi) is 3.50. The Morgan fingerprint density at radius 3 is 1.92 bits per heavy atom. The van der Waals surface area contributed by atoms with E-state index in [9.17, 15) is 31.3 Å². The van der Waals surface area contributed by atoms with E-state index < -0.39 is 27.9 Å². The normalized spacial score (nSPS) is 15.3. The lowest BCUT2D eigenvalue weighted by atomic mass is 10.7. The molecule has 0 rings (SSSR count). The molecule has 78 valence electrons. The largest absolute Gasteiger partial charge is 0.604 e. The minimum Gasteiger partial charge on any atom is -0.604 e. The van der Waals surface area contributed by atoms with Gasteiger partial charge in [0.25, 0.3) is 0 Å². The number of ether oxygens (including phenoxy) is 1. The second kappa shape index (κ2) is 3.66. The molecule has 0 amide bonds. The molecule has 0 aromatic rings. The van der Waals surface area contributed by atoms with Crippen molar-refractivity contribution in [3.05, 3.63) is 0 Å². The summed E-state index contributed by atoms with van der Waals surface area (Å²) in [5.41, 5.74) is -5.66. The van der Waals surface area contributed by atoms with Crippen molar-refractivity contribution in [1.82, 2.24) is 0 Å². The van der Waals surface area contributed by atoms with E-state index in [4.69, 9.17) is 0 Å². The number of hydrogen-bond donors (Lipinski definition) is 0. The summed E-state index contributed by atoms with van der Waals surface area (Å²) in [5.74, 6) is -2.48. The molecule has 1 unspecified atom stereocenters. The summed E-state index contributed by atoms with van der Waals surface area (Å²) >= 11 is -4.59. The number of halogens is 5. The second-order valence-corrected chi connectivity index (χ2v) is 3.24. The Bertz CT molecular complexity index is 202. The molecule has 0 saturated carbocycles. The highest BCUT2D eigenvalue weighted by Gasteiger charge is 2.66. The predicted octanol–water partition coefficient (Wildman–Crippen LogP) is 1.02. The van der Waals surface area contributed by atoms with Crippen LogP contribution in [0.1, 0.15) is 0 Å². The molecule has 1 atom stereocenters.